The zero-order chi connectivity index (χ0) is 23.7. The number of rotatable bonds is 5. The first-order valence-electron chi connectivity index (χ1n) is 9.91. The minimum absolute atomic E-state index is 0.183. The Kier molecular flexibility index (Phi) is 6.22. The van der Waals surface area contributed by atoms with E-state index in [4.69, 9.17) is 33.3 Å². The van der Waals surface area contributed by atoms with Gasteiger partial charge < -0.3 is 19.8 Å². The number of halogens is 1. The lowest BCUT2D eigenvalue weighted by Crippen LogP contribution is -2.21. The molecule has 1 aromatic heterocycles. The van der Waals surface area contributed by atoms with Crippen LogP contribution < -0.4 is 20.3 Å². The predicted octanol–water partition coefficient (Wildman–Crippen LogP) is 5.28. The number of carbonyl (C=O) groups is 1. The lowest BCUT2D eigenvalue weighted by molar-refractivity contribution is 0.102. The molecule has 0 aliphatic carbocycles. The van der Waals surface area contributed by atoms with Crippen molar-refractivity contribution in [2.45, 2.75) is 6.92 Å². The summed E-state index contributed by atoms with van der Waals surface area (Å²) < 4.78 is 12.1. The fourth-order valence-corrected chi connectivity index (χ4v) is 3.91. The van der Waals surface area contributed by atoms with Crippen LogP contribution in [0, 0.1) is 11.7 Å². The Bertz CT molecular complexity index is 1510. The first kappa shape index (κ1) is 22.6. The van der Waals surface area contributed by atoms with Crippen molar-refractivity contribution in [2.75, 3.05) is 19.5 Å². The highest BCUT2D eigenvalue weighted by Gasteiger charge is 2.14. The highest BCUT2D eigenvalue weighted by Crippen LogP contribution is 2.29. The summed E-state index contributed by atoms with van der Waals surface area (Å²) >= 11 is 11.6. The summed E-state index contributed by atoms with van der Waals surface area (Å²) in [5.74, 6) is 0.676. The number of fused-ring (bicyclic) bond motifs is 1. The van der Waals surface area contributed by atoms with Crippen LogP contribution in [0.3, 0.4) is 0 Å². The summed E-state index contributed by atoms with van der Waals surface area (Å²) in [4.78, 5) is 29.0. The zero-order valence-electron chi connectivity index (χ0n) is 18.1. The Morgan fingerprint density at radius 1 is 1.03 bits per heavy atom. The first-order valence-corrected chi connectivity index (χ1v) is 10.7. The van der Waals surface area contributed by atoms with Crippen LogP contribution in [0.5, 0.6) is 11.5 Å². The number of methoxy groups -OCH3 is 2. The van der Waals surface area contributed by atoms with Crippen molar-refractivity contribution in [3.8, 4) is 17.2 Å². The third kappa shape index (κ3) is 4.35. The third-order valence-electron chi connectivity index (χ3n) is 5.21. The topological polar surface area (TPSA) is 85.4 Å². The average molecular weight is 482 g/mol. The number of anilines is 1. The first-order chi connectivity index (χ1) is 15.8. The molecule has 0 unspecified atom stereocenters. The van der Waals surface area contributed by atoms with Crippen LogP contribution in [0.15, 0.2) is 59.4 Å². The maximum atomic E-state index is 13.2. The molecule has 9 heteroatoms. The average Bonchev–Trinajstić information content (AvgIpc) is 2.80. The molecule has 1 amide bonds. The largest absolute Gasteiger partial charge is 0.493 e. The SMILES string of the molecule is COc1ccc(-n2c(=S)[nH]c3cc(C(=O)Nc4ccc(C)c(Cl)c4)ccc3c2=O)cc1OC. The van der Waals surface area contributed by atoms with Gasteiger partial charge in [-0.2, -0.15) is 0 Å². The van der Waals surface area contributed by atoms with Crippen molar-refractivity contribution in [3.05, 3.63) is 85.9 Å². The predicted molar refractivity (Wildman–Crippen MR) is 132 cm³/mol. The van der Waals surface area contributed by atoms with Gasteiger partial charge in [0.1, 0.15) is 0 Å². The van der Waals surface area contributed by atoms with E-state index in [0.717, 1.165) is 5.56 Å². The second-order valence-corrected chi connectivity index (χ2v) is 8.08. The minimum Gasteiger partial charge on any atom is -0.493 e. The van der Waals surface area contributed by atoms with E-state index in [0.29, 0.717) is 44.4 Å². The molecule has 168 valence electrons. The zero-order valence-corrected chi connectivity index (χ0v) is 19.6. The van der Waals surface area contributed by atoms with E-state index in [2.05, 4.69) is 10.3 Å². The van der Waals surface area contributed by atoms with Gasteiger partial charge >= 0.3 is 0 Å². The number of aryl methyl sites for hydroxylation is 1. The molecule has 0 saturated carbocycles. The third-order valence-corrected chi connectivity index (χ3v) is 5.91. The standard InChI is InChI=1S/C24H20ClN3O4S/c1-13-4-6-15(11-18(13)25)26-22(29)14-5-8-17-19(10-14)27-24(33)28(23(17)30)16-7-9-20(31-2)21(12-16)32-3/h4-12H,1-3H3,(H,26,29)(H,27,33). The van der Waals surface area contributed by atoms with E-state index in [9.17, 15) is 9.59 Å². The van der Waals surface area contributed by atoms with E-state index < -0.39 is 0 Å². The lowest BCUT2D eigenvalue weighted by atomic mass is 10.1. The van der Waals surface area contributed by atoms with Gasteiger partial charge in [-0.3, -0.25) is 14.2 Å². The van der Waals surface area contributed by atoms with Crippen molar-refractivity contribution in [2.24, 2.45) is 0 Å². The molecule has 3 aromatic carbocycles. The Labute approximate surface area is 199 Å². The number of benzene rings is 3. The lowest BCUT2D eigenvalue weighted by Gasteiger charge is -2.12. The molecule has 0 spiro atoms. The van der Waals surface area contributed by atoms with Crippen molar-refractivity contribution in [3.63, 3.8) is 0 Å². The van der Waals surface area contributed by atoms with Crippen molar-refractivity contribution in [1.82, 2.24) is 9.55 Å². The van der Waals surface area contributed by atoms with Crippen LogP contribution in [0.2, 0.25) is 5.02 Å². The fourth-order valence-electron chi connectivity index (χ4n) is 3.43. The van der Waals surface area contributed by atoms with Crippen molar-refractivity contribution in [1.29, 1.82) is 0 Å². The van der Waals surface area contributed by atoms with E-state index in [1.54, 1.807) is 48.5 Å². The molecule has 0 aliphatic rings. The molecule has 2 N–H and O–H groups in total. The number of amides is 1. The van der Waals surface area contributed by atoms with Crippen molar-refractivity contribution >= 4 is 46.3 Å². The van der Waals surface area contributed by atoms with Gasteiger partial charge in [-0.15, -0.1) is 0 Å². The maximum absolute atomic E-state index is 13.2. The van der Waals surface area contributed by atoms with Crippen LogP contribution in [0.25, 0.3) is 16.6 Å². The van der Waals surface area contributed by atoms with Gasteiger partial charge in [-0.25, -0.2) is 0 Å². The summed E-state index contributed by atoms with van der Waals surface area (Å²) in [6, 6.07) is 15.1. The molecule has 33 heavy (non-hydrogen) atoms. The fraction of sp³-hybridized carbons (Fsp3) is 0.125. The summed E-state index contributed by atoms with van der Waals surface area (Å²) in [5, 5.41) is 3.75. The number of nitrogens with zero attached hydrogens (tertiary/aromatic N) is 1. The number of aromatic nitrogens is 2. The highest BCUT2D eigenvalue weighted by atomic mass is 35.5. The van der Waals surface area contributed by atoms with Gasteiger partial charge in [0.25, 0.3) is 11.5 Å². The van der Waals surface area contributed by atoms with E-state index in [-0.39, 0.29) is 16.2 Å². The van der Waals surface area contributed by atoms with Gasteiger partial charge in [0.05, 0.1) is 30.8 Å². The van der Waals surface area contributed by atoms with Gasteiger partial charge in [0, 0.05) is 22.3 Å². The van der Waals surface area contributed by atoms with Gasteiger partial charge in [0.15, 0.2) is 16.3 Å². The number of hydrogen-bond acceptors (Lipinski definition) is 5. The number of ether oxygens (including phenoxy) is 2. The number of hydrogen-bond donors (Lipinski definition) is 2. The molecule has 0 radical (unpaired) electrons. The van der Waals surface area contributed by atoms with Crippen LogP contribution in [0.4, 0.5) is 5.69 Å². The monoisotopic (exact) mass is 481 g/mol. The Morgan fingerprint density at radius 3 is 2.48 bits per heavy atom. The molecular formula is C24H20ClN3O4S. The van der Waals surface area contributed by atoms with Crippen molar-refractivity contribution < 1.29 is 14.3 Å². The molecule has 0 saturated heterocycles. The van der Waals surface area contributed by atoms with Crippen LogP contribution >= 0.6 is 23.8 Å². The summed E-state index contributed by atoms with van der Waals surface area (Å²) in [6.45, 7) is 1.88. The second kappa shape index (κ2) is 9.09. The second-order valence-electron chi connectivity index (χ2n) is 7.29. The van der Waals surface area contributed by atoms with E-state index in [1.165, 1.54) is 18.8 Å². The molecule has 4 rings (SSSR count). The van der Waals surface area contributed by atoms with Crippen LogP contribution in [0.1, 0.15) is 15.9 Å². The van der Waals surface area contributed by atoms with Crippen LogP contribution in [-0.2, 0) is 0 Å². The van der Waals surface area contributed by atoms with Crippen LogP contribution in [-0.4, -0.2) is 29.7 Å². The van der Waals surface area contributed by atoms with Gasteiger partial charge in [-0.05, 0) is 67.2 Å². The Balaban J connectivity index is 1.73. The molecule has 4 aromatic rings. The summed E-state index contributed by atoms with van der Waals surface area (Å²) in [7, 11) is 3.05. The van der Waals surface area contributed by atoms with Gasteiger partial charge in [-0.1, -0.05) is 17.7 Å². The van der Waals surface area contributed by atoms with E-state index >= 15 is 0 Å². The maximum Gasteiger partial charge on any atom is 0.266 e. The molecule has 7 nitrogen and oxygen atoms in total. The number of aromatic amines is 1. The molecular weight excluding hydrogens is 462 g/mol. The molecule has 0 fully saturated rings. The molecule has 0 bridgehead atoms. The Morgan fingerprint density at radius 2 is 1.79 bits per heavy atom. The number of carbonyl (C=O) groups excluding carboxylic acids is 1. The minimum atomic E-state index is -0.333. The molecule has 1 heterocycles. The number of H-pyrrole nitrogens is 1. The molecule has 0 atom stereocenters. The summed E-state index contributed by atoms with van der Waals surface area (Å²) in [6.07, 6.45) is 0. The van der Waals surface area contributed by atoms with E-state index in [1.807, 2.05) is 13.0 Å². The summed E-state index contributed by atoms with van der Waals surface area (Å²) in [5.41, 5.74) is 2.52. The number of nitrogens with one attached hydrogen (secondary N) is 2. The quantitative estimate of drug-likeness (QED) is 0.379. The smallest absolute Gasteiger partial charge is 0.266 e. The van der Waals surface area contributed by atoms with Gasteiger partial charge in [0.2, 0.25) is 0 Å². The highest BCUT2D eigenvalue weighted by molar-refractivity contribution is 7.71. The molecule has 0 aliphatic heterocycles. The normalized spacial score (nSPS) is 10.8. The Hall–Kier alpha value is -3.62.